The second-order valence-corrected chi connectivity index (χ2v) is 8.84. The van der Waals surface area contributed by atoms with Gasteiger partial charge in [-0.05, 0) is 25.0 Å². The molecular weight excluding hydrogens is 344 g/mol. The van der Waals surface area contributed by atoms with Crippen LogP contribution in [0.3, 0.4) is 0 Å². The lowest BCUT2D eigenvalue weighted by atomic mass is 10.1. The maximum absolute atomic E-state index is 12.0. The van der Waals surface area contributed by atoms with Crippen LogP contribution >= 0.6 is 22.9 Å². The average molecular weight is 367 g/mol. The van der Waals surface area contributed by atoms with E-state index in [1.54, 1.807) is 13.1 Å². The first kappa shape index (κ1) is 19.2. The molecule has 9 heteroatoms. The Labute approximate surface area is 141 Å². The van der Waals surface area contributed by atoms with Gasteiger partial charge in [-0.3, -0.25) is 4.99 Å². The highest BCUT2D eigenvalue weighted by atomic mass is 35.5. The molecule has 3 N–H and O–H groups in total. The zero-order valence-electron chi connectivity index (χ0n) is 13.2. The van der Waals surface area contributed by atoms with Crippen molar-refractivity contribution >= 4 is 38.9 Å². The van der Waals surface area contributed by atoms with E-state index in [2.05, 4.69) is 41.1 Å². The van der Waals surface area contributed by atoms with Gasteiger partial charge in [0.25, 0.3) is 0 Å². The minimum atomic E-state index is -3.50. The standard InChI is InChI=1S/C13H23ClN4O2S2/c1-9(2)10(3)18-13(15-4)16-7-8-17-22(19,20)12-6-5-11(14)21-12/h5-6,9-10,17H,7-8H2,1-4H3,(H2,15,16,18). The molecule has 0 amide bonds. The second kappa shape index (κ2) is 8.71. The van der Waals surface area contributed by atoms with Gasteiger partial charge in [-0.25, -0.2) is 13.1 Å². The van der Waals surface area contributed by atoms with Gasteiger partial charge in [-0.15, -0.1) is 11.3 Å². The molecule has 0 aliphatic carbocycles. The van der Waals surface area contributed by atoms with Crippen LogP contribution in [0, 0.1) is 5.92 Å². The van der Waals surface area contributed by atoms with Crippen molar-refractivity contribution in [3.8, 4) is 0 Å². The van der Waals surface area contributed by atoms with Gasteiger partial charge in [0.2, 0.25) is 10.0 Å². The van der Waals surface area contributed by atoms with Crippen LogP contribution in [-0.2, 0) is 10.0 Å². The molecule has 1 aromatic heterocycles. The number of hydrogen-bond donors (Lipinski definition) is 3. The number of rotatable bonds is 7. The Morgan fingerprint density at radius 1 is 1.32 bits per heavy atom. The fraction of sp³-hybridized carbons (Fsp3) is 0.615. The Morgan fingerprint density at radius 3 is 2.50 bits per heavy atom. The number of sulfonamides is 1. The minimum absolute atomic E-state index is 0.216. The Balaban J connectivity index is 2.41. The Hall–Kier alpha value is -0.830. The molecule has 0 aliphatic rings. The molecule has 0 radical (unpaired) electrons. The van der Waals surface area contributed by atoms with E-state index in [-0.39, 0.29) is 16.8 Å². The summed E-state index contributed by atoms with van der Waals surface area (Å²) >= 11 is 6.79. The predicted molar refractivity (Wildman–Crippen MR) is 93.3 cm³/mol. The summed E-state index contributed by atoms with van der Waals surface area (Å²) in [4.78, 5) is 4.11. The van der Waals surface area contributed by atoms with Crippen LogP contribution in [0.4, 0.5) is 0 Å². The molecule has 1 rings (SSSR count). The van der Waals surface area contributed by atoms with Crippen LogP contribution < -0.4 is 15.4 Å². The molecule has 1 unspecified atom stereocenters. The van der Waals surface area contributed by atoms with Crippen molar-refractivity contribution < 1.29 is 8.42 Å². The van der Waals surface area contributed by atoms with Gasteiger partial charge in [0, 0.05) is 26.2 Å². The van der Waals surface area contributed by atoms with Gasteiger partial charge in [-0.2, -0.15) is 0 Å². The quantitative estimate of drug-likeness (QED) is 0.391. The molecule has 1 aromatic rings. The smallest absolute Gasteiger partial charge is 0.250 e. The maximum atomic E-state index is 12.0. The van der Waals surface area contributed by atoms with E-state index in [1.165, 1.54) is 6.07 Å². The van der Waals surface area contributed by atoms with E-state index in [4.69, 9.17) is 11.6 Å². The first-order chi connectivity index (χ1) is 10.3. The molecule has 6 nitrogen and oxygen atoms in total. The second-order valence-electron chi connectivity index (χ2n) is 5.13. The van der Waals surface area contributed by atoms with Crippen LogP contribution in [0.15, 0.2) is 21.3 Å². The summed E-state index contributed by atoms with van der Waals surface area (Å²) in [5.74, 6) is 1.13. The number of nitrogens with one attached hydrogen (secondary N) is 3. The average Bonchev–Trinajstić information content (AvgIpc) is 2.89. The van der Waals surface area contributed by atoms with Crippen molar-refractivity contribution in [2.24, 2.45) is 10.9 Å². The first-order valence-electron chi connectivity index (χ1n) is 6.98. The molecule has 22 heavy (non-hydrogen) atoms. The largest absolute Gasteiger partial charge is 0.355 e. The number of aliphatic imine (C=N–C) groups is 1. The number of hydrogen-bond acceptors (Lipinski definition) is 4. The van der Waals surface area contributed by atoms with Crippen molar-refractivity contribution in [1.82, 2.24) is 15.4 Å². The zero-order chi connectivity index (χ0) is 16.8. The highest BCUT2D eigenvalue weighted by Crippen LogP contribution is 2.25. The van der Waals surface area contributed by atoms with E-state index in [1.807, 2.05) is 0 Å². The van der Waals surface area contributed by atoms with Gasteiger partial charge >= 0.3 is 0 Å². The number of nitrogens with zero attached hydrogens (tertiary/aromatic N) is 1. The summed E-state index contributed by atoms with van der Waals surface area (Å²) in [6.45, 7) is 6.99. The molecule has 0 saturated heterocycles. The molecule has 1 atom stereocenters. The predicted octanol–water partition coefficient (Wildman–Crippen LogP) is 1.89. The van der Waals surface area contributed by atoms with Crippen molar-refractivity contribution in [3.63, 3.8) is 0 Å². The van der Waals surface area contributed by atoms with Gasteiger partial charge in [0.15, 0.2) is 5.96 Å². The maximum Gasteiger partial charge on any atom is 0.250 e. The van der Waals surface area contributed by atoms with E-state index < -0.39 is 10.0 Å². The third kappa shape index (κ3) is 6.12. The number of halogens is 1. The Bertz CT molecular complexity index is 599. The number of guanidine groups is 1. The summed E-state index contributed by atoms with van der Waals surface area (Å²) < 4.78 is 27.2. The van der Waals surface area contributed by atoms with Crippen molar-refractivity contribution in [3.05, 3.63) is 16.5 Å². The van der Waals surface area contributed by atoms with Crippen LogP contribution in [0.1, 0.15) is 20.8 Å². The van der Waals surface area contributed by atoms with Crippen LogP contribution in [0.25, 0.3) is 0 Å². The van der Waals surface area contributed by atoms with Crippen molar-refractivity contribution in [2.45, 2.75) is 31.0 Å². The molecule has 0 spiro atoms. The monoisotopic (exact) mass is 366 g/mol. The van der Waals surface area contributed by atoms with Crippen LogP contribution in [-0.4, -0.2) is 40.6 Å². The molecule has 0 bridgehead atoms. The highest BCUT2D eigenvalue weighted by molar-refractivity contribution is 7.91. The van der Waals surface area contributed by atoms with E-state index in [0.717, 1.165) is 11.3 Å². The summed E-state index contributed by atoms with van der Waals surface area (Å²) in [5.41, 5.74) is 0. The Kier molecular flexibility index (Phi) is 7.61. The molecule has 0 aliphatic heterocycles. The Morgan fingerprint density at radius 2 is 2.00 bits per heavy atom. The minimum Gasteiger partial charge on any atom is -0.355 e. The SMILES string of the molecule is CN=C(NCCNS(=O)(=O)c1ccc(Cl)s1)NC(C)C(C)C. The summed E-state index contributed by atoms with van der Waals surface area (Å²) in [7, 11) is -1.82. The van der Waals surface area contributed by atoms with Crippen LogP contribution in [0.5, 0.6) is 0 Å². The van der Waals surface area contributed by atoms with Gasteiger partial charge in [0.05, 0.1) is 4.34 Å². The lowest BCUT2D eigenvalue weighted by molar-refractivity contribution is 0.481. The van der Waals surface area contributed by atoms with Gasteiger partial charge in [0.1, 0.15) is 4.21 Å². The van der Waals surface area contributed by atoms with E-state index >= 15 is 0 Å². The third-order valence-electron chi connectivity index (χ3n) is 3.11. The van der Waals surface area contributed by atoms with E-state index in [9.17, 15) is 8.42 Å². The fourth-order valence-corrected chi connectivity index (χ4v) is 4.02. The molecule has 0 fully saturated rings. The zero-order valence-corrected chi connectivity index (χ0v) is 15.6. The summed E-state index contributed by atoms with van der Waals surface area (Å²) in [6.07, 6.45) is 0. The summed E-state index contributed by atoms with van der Waals surface area (Å²) in [5, 5.41) is 6.32. The van der Waals surface area contributed by atoms with E-state index in [0.29, 0.717) is 22.8 Å². The lowest BCUT2D eigenvalue weighted by Crippen LogP contribution is -2.46. The molecule has 0 aromatic carbocycles. The topological polar surface area (TPSA) is 82.6 Å². The lowest BCUT2D eigenvalue weighted by Gasteiger charge is -2.20. The van der Waals surface area contributed by atoms with Crippen molar-refractivity contribution in [1.29, 1.82) is 0 Å². The highest BCUT2D eigenvalue weighted by Gasteiger charge is 2.16. The first-order valence-corrected chi connectivity index (χ1v) is 9.66. The normalized spacial score (nSPS) is 14.2. The third-order valence-corrected chi connectivity index (χ3v) is 6.29. The molecule has 126 valence electrons. The number of thiophene rings is 1. The molecule has 0 saturated carbocycles. The van der Waals surface area contributed by atoms with Gasteiger partial charge < -0.3 is 10.6 Å². The van der Waals surface area contributed by atoms with Gasteiger partial charge in [-0.1, -0.05) is 25.4 Å². The fourth-order valence-electron chi connectivity index (χ4n) is 1.46. The van der Waals surface area contributed by atoms with Crippen LogP contribution in [0.2, 0.25) is 4.34 Å². The van der Waals surface area contributed by atoms with Crippen molar-refractivity contribution in [2.75, 3.05) is 20.1 Å². The molecular formula is C13H23ClN4O2S2. The summed E-state index contributed by atoms with van der Waals surface area (Å²) in [6, 6.07) is 3.34. The molecule has 1 heterocycles.